The Morgan fingerprint density at radius 2 is 1.70 bits per heavy atom. The highest BCUT2D eigenvalue weighted by Gasteiger charge is 2.46. The Labute approximate surface area is 138 Å². The number of hydrogen-bond donors (Lipinski definition) is 0. The second kappa shape index (κ2) is 7.16. The summed E-state index contributed by atoms with van der Waals surface area (Å²) in [5.41, 5.74) is 1.28. The summed E-state index contributed by atoms with van der Waals surface area (Å²) in [5, 5.41) is 0. The number of carbonyl (C=O) groups is 2. The molecule has 1 aliphatic carbocycles. The largest absolute Gasteiger partial charge is 0.339 e. The van der Waals surface area contributed by atoms with Crippen molar-refractivity contribution in [3.8, 4) is 0 Å². The first kappa shape index (κ1) is 16.0. The molecule has 1 saturated heterocycles. The van der Waals surface area contributed by atoms with Crippen LogP contribution in [0.25, 0.3) is 0 Å². The lowest BCUT2D eigenvalue weighted by atomic mass is 10.1. The summed E-state index contributed by atoms with van der Waals surface area (Å²) in [7, 11) is 0. The minimum Gasteiger partial charge on any atom is -0.339 e. The highest BCUT2D eigenvalue weighted by molar-refractivity contribution is 5.83. The van der Waals surface area contributed by atoms with E-state index in [2.05, 4.69) is 19.1 Å². The van der Waals surface area contributed by atoms with E-state index in [4.69, 9.17) is 0 Å². The van der Waals surface area contributed by atoms with E-state index in [9.17, 15) is 9.59 Å². The lowest BCUT2D eigenvalue weighted by molar-refractivity contribution is -0.140. The van der Waals surface area contributed by atoms with Crippen LogP contribution >= 0.6 is 0 Å². The van der Waals surface area contributed by atoms with E-state index < -0.39 is 0 Å². The van der Waals surface area contributed by atoms with Gasteiger partial charge < -0.3 is 9.80 Å². The van der Waals surface area contributed by atoms with Gasteiger partial charge in [-0.1, -0.05) is 43.7 Å². The Bertz CT molecular complexity index is 550. The third kappa shape index (κ3) is 3.74. The quantitative estimate of drug-likeness (QED) is 0.838. The first-order valence-electron chi connectivity index (χ1n) is 8.82. The molecule has 2 atom stereocenters. The minimum absolute atomic E-state index is 0.153. The fourth-order valence-electron chi connectivity index (χ4n) is 3.43. The molecule has 2 unspecified atom stereocenters. The number of piperazine rings is 1. The molecule has 2 fully saturated rings. The zero-order chi connectivity index (χ0) is 16.2. The molecule has 124 valence electrons. The standard InChI is InChI=1S/C19H26N2O2/c1-2-3-9-18(22)20-10-12-21(13-11-20)19(23)17-14-16(17)15-7-5-4-6-8-15/h4-8,16-17H,2-3,9-14H2,1H3. The molecule has 1 saturated carbocycles. The van der Waals surface area contributed by atoms with Gasteiger partial charge in [-0.05, 0) is 24.3 Å². The maximum atomic E-state index is 12.6. The molecule has 4 heteroatoms. The SMILES string of the molecule is CCCCC(=O)N1CCN(C(=O)C2CC2c2ccccc2)CC1. The lowest BCUT2D eigenvalue weighted by Gasteiger charge is -2.35. The third-order valence-electron chi connectivity index (χ3n) is 5.02. The topological polar surface area (TPSA) is 40.6 Å². The van der Waals surface area contributed by atoms with Gasteiger partial charge in [0, 0.05) is 38.5 Å². The van der Waals surface area contributed by atoms with E-state index in [1.165, 1.54) is 5.56 Å². The monoisotopic (exact) mass is 314 g/mol. The Balaban J connectivity index is 1.47. The fourth-order valence-corrected chi connectivity index (χ4v) is 3.43. The molecule has 0 radical (unpaired) electrons. The smallest absolute Gasteiger partial charge is 0.226 e. The molecule has 23 heavy (non-hydrogen) atoms. The van der Waals surface area contributed by atoms with Crippen LogP contribution < -0.4 is 0 Å². The molecule has 0 N–H and O–H groups in total. The second-order valence-corrected chi connectivity index (χ2v) is 6.67. The van der Waals surface area contributed by atoms with Gasteiger partial charge in [0.1, 0.15) is 0 Å². The average Bonchev–Trinajstić information content (AvgIpc) is 3.40. The lowest BCUT2D eigenvalue weighted by Crippen LogP contribution is -2.51. The molecule has 4 nitrogen and oxygen atoms in total. The van der Waals surface area contributed by atoms with Crippen molar-refractivity contribution in [3.05, 3.63) is 35.9 Å². The van der Waals surface area contributed by atoms with Crippen LogP contribution in [0.3, 0.4) is 0 Å². The molecular weight excluding hydrogens is 288 g/mol. The predicted octanol–water partition coefficient (Wildman–Crippen LogP) is 2.65. The van der Waals surface area contributed by atoms with Gasteiger partial charge in [0.05, 0.1) is 0 Å². The van der Waals surface area contributed by atoms with Crippen LogP contribution in [0.4, 0.5) is 0 Å². The first-order valence-corrected chi connectivity index (χ1v) is 8.82. The number of unbranched alkanes of at least 4 members (excludes halogenated alkanes) is 1. The van der Waals surface area contributed by atoms with Gasteiger partial charge in [0.2, 0.25) is 11.8 Å². The molecule has 1 aromatic carbocycles. The second-order valence-electron chi connectivity index (χ2n) is 6.67. The molecule has 0 bridgehead atoms. The molecule has 0 spiro atoms. The summed E-state index contributed by atoms with van der Waals surface area (Å²) >= 11 is 0. The average molecular weight is 314 g/mol. The summed E-state index contributed by atoms with van der Waals surface area (Å²) in [5.74, 6) is 1.07. The third-order valence-corrected chi connectivity index (χ3v) is 5.02. The summed E-state index contributed by atoms with van der Waals surface area (Å²) < 4.78 is 0. The summed E-state index contributed by atoms with van der Waals surface area (Å²) in [4.78, 5) is 28.5. The maximum Gasteiger partial charge on any atom is 0.226 e. The number of benzene rings is 1. The van der Waals surface area contributed by atoms with Crippen LogP contribution in [-0.2, 0) is 9.59 Å². The van der Waals surface area contributed by atoms with Crippen molar-refractivity contribution in [3.63, 3.8) is 0 Å². The number of amides is 2. The number of carbonyl (C=O) groups excluding carboxylic acids is 2. The van der Waals surface area contributed by atoms with Crippen LogP contribution in [0.2, 0.25) is 0 Å². The first-order chi connectivity index (χ1) is 11.2. The highest BCUT2D eigenvalue weighted by Crippen LogP contribution is 2.48. The summed E-state index contributed by atoms with van der Waals surface area (Å²) in [6.07, 6.45) is 3.62. The minimum atomic E-state index is 0.153. The van der Waals surface area contributed by atoms with Gasteiger partial charge in [-0.2, -0.15) is 0 Å². The maximum absolute atomic E-state index is 12.6. The van der Waals surface area contributed by atoms with E-state index >= 15 is 0 Å². The molecule has 2 aliphatic rings. The highest BCUT2D eigenvalue weighted by atomic mass is 16.2. The van der Waals surface area contributed by atoms with Gasteiger partial charge >= 0.3 is 0 Å². The van der Waals surface area contributed by atoms with Crippen molar-refractivity contribution in [2.24, 2.45) is 5.92 Å². The molecule has 1 heterocycles. The fraction of sp³-hybridized carbons (Fsp3) is 0.579. The van der Waals surface area contributed by atoms with Gasteiger partial charge in [-0.3, -0.25) is 9.59 Å². The molecule has 3 rings (SSSR count). The molecule has 2 amide bonds. The number of hydrogen-bond acceptors (Lipinski definition) is 2. The Hall–Kier alpha value is -1.84. The van der Waals surface area contributed by atoms with Gasteiger partial charge in [-0.25, -0.2) is 0 Å². The van der Waals surface area contributed by atoms with Crippen LogP contribution in [0, 0.1) is 5.92 Å². The van der Waals surface area contributed by atoms with E-state index in [1.54, 1.807) is 0 Å². The van der Waals surface area contributed by atoms with Crippen LogP contribution in [0.1, 0.15) is 44.1 Å². The zero-order valence-corrected chi connectivity index (χ0v) is 13.9. The number of rotatable bonds is 5. The van der Waals surface area contributed by atoms with E-state index in [0.717, 1.165) is 19.3 Å². The summed E-state index contributed by atoms with van der Waals surface area (Å²) in [6, 6.07) is 10.3. The van der Waals surface area contributed by atoms with E-state index in [-0.39, 0.29) is 17.7 Å². The van der Waals surface area contributed by atoms with Crippen molar-refractivity contribution in [1.29, 1.82) is 0 Å². The molecule has 1 aliphatic heterocycles. The summed E-state index contributed by atoms with van der Waals surface area (Å²) in [6.45, 7) is 4.86. The van der Waals surface area contributed by atoms with Crippen LogP contribution in [-0.4, -0.2) is 47.8 Å². The van der Waals surface area contributed by atoms with Crippen LogP contribution in [0.5, 0.6) is 0 Å². The van der Waals surface area contributed by atoms with Crippen molar-refractivity contribution in [2.45, 2.75) is 38.5 Å². The van der Waals surface area contributed by atoms with Crippen molar-refractivity contribution in [2.75, 3.05) is 26.2 Å². The number of nitrogens with zero attached hydrogens (tertiary/aromatic N) is 2. The molecule has 0 aromatic heterocycles. The van der Waals surface area contributed by atoms with E-state index in [0.29, 0.717) is 38.5 Å². The Morgan fingerprint density at radius 3 is 2.35 bits per heavy atom. The normalized spacial score (nSPS) is 23.7. The Morgan fingerprint density at radius 1 is 1.04 bits per heavy atom. The van der Waals surface area contributed by atoms with Crippen molar-refractivity contribution >= 4 is 11.8 Å². The van der Waals surface area contributed by atoms with Crippen molar-refractivity contribution < 1.29 is 9.59 Å². The van der Waals surface area contributed by atoms with Gasteiger partial charge in [-0.15, -0.1) is 0 Å². The van der Waals surface area contributed by atoms with Crippen molar-refractivity contribution in [1.82, 2.24) is 9.80 Å². The molecular formula is C19H26N2O2. The Kier molecular flexibility index (Phi) is 4.99. The van der Waals surface area contributed by atoms with E-state index in [1.807, 2.05) is 28.0 Å². The zero-order valence-electron chi connectivity index (χ0n) is 13.9. The van der Waals surface area contributed by atoms with Gasteiger partial charge in [0.15, 0.2) is 0 Å². The van der Waals surface area contributed by atoms with Gasteiger partial charge in [0.25, 0.3) is 0 Å². The predicted molar refractivity (Wildman–Crippen MR) is 90.0 cm³/mol. The molecule has 1 aromatic rings. The van der Waals surface area contributed by atoms with Crippen LogP contribution in [0.15, 0.2) is 30.3 Å².